The van der Waals surface area contributed by atoms with E-state index < -0.39 is 5.97 Å². The molecule has 0 aliphatic heterocycles. The lowest BCUT2D eigenvalue weighted by Crippen LogP contribution is -2.21. The van der Waals surface area contributed by atoms with Crippen LogP contribution in [0.5, 0.6) is 0 Å². The molecule has 1 fully saturated rings. The maximum atomic E-state index is 11.9. The SMILES string of the molecule is CCOC(=O)c1cc(N)c(C(=Nc2ccccc2)C2CCCCC2)cn1. The van der Waals surface area contributed by atoms with E-state index in [-0.39, 0.29) is 5.69 Å². The molecule has 0 atom stereocenters. The average molecular weight is 351 g/mol. The first kappa shape index (κ1) is 18.1. The second kappa shape index (κ2) is 8.61. The van der Waals surface area contributed by atoms with E-state index in [9.17, 15) is 4.79 Å². The summed E-state index contributed by atoms with van der Waals surface area (Å²) in [6, 6.07) is 11.5. The normalized spacial score (nSPS) is 15.7. The molecule has 0 spiro atoms. The summed E-state index contributed by atoms with van der Waals surface area (Å²) in [7, 11) is 0. The minimum absolute atomic E-state index is 0.232. The maximum Gasteiger partial charge on any atom is 0.356 e. The number of hydrogen-bond donors (Lipinski definition) is 1. The monoisotopic (exact) mass is 351 g/mol. The topological polar surface area (TPSA) is 77.6 Å². The van der Waals surface area contributed by atoms with Crippen molar-refractivity contribution in [3.8, 4) is 0 Å². The number of nitrogens with two attached hydrogens (primary N) is 1. The molecular weight excluding hydrogens is 326 g/mol. The van der Waals surface area contributed by atoms with Gasteiger partial charge in [0.15, 0.2) is 0 Å². The standard InChI is InChI=1S/C21H25N3O2/c1-2-26-21(25)19-13-18(22)17(14-23-19)20(15-9-5-3-6-10-15)24-16-11-7-4-8-12-16/h4,7-8,11-15H,2-3,5-6,9-10H2,1H3,(H2,22,23). The molecular formula is C21H25N3O2. The van der Waals surface area contributed by atoms with Crippen LogP contribution in [0.1, 0.15) is 55.1 Å². The number of nitrogen functional groups attached to an aromatic ring is 1. The summed E-state index contributed by atoms with van der Waals surface area (Å²) in [5, 5.41) is 0. The van der Waals surface area contributed by atoms with E-state index in [1.165, 1.54) is 19.3 Å². The molecule has 136 valence electrons. The molecule has 1 aliphatic rings. The van der Waals surface area contributed by atoms with Gasteiger partial charge in [0, 0.05) is 23.4 Å². The lowest BCUT2D eigenvalue weighted by Gasteiger charge is -2.24. The number of para-hydroxylation sites is 1. The molecule has 5 nitrogen and oxygen atoms in total. The number of anilines is 1. The molecule has 1 saturated carbocycles. The minimum Gasteiger partial charge on any atom is -0.461 e. The van der Waals surface area contributed by atoms with Gasteiger partial charge < -0.3 is 10.5 Å². The molecule has 5 heteroatoms. The first-order valence-corrected chi connectivity index (χ1v) is 9.25. The van der Waals surface area contributed by atoms with Crippen LogP contribution in [-0.2, 0) is 4.74 Å². The first-order valence-electron chi connectivity index (χ1n) is 9.25. The van der Waals surface area contributed by atoms with E-state index in [1.807, 2.05) is 30.3 Å². The lowest BCUT2D eigenvalue weighted by atomic mass is 9.83. The fourth-order valence-corrected chi connectivity index (χ4v) is 3.39. The highest BCUT2D eigenvalue weighted by Crippen LogP contribution is 2.31. The quantitative estimate of drug-likeness (QED) is 0.633. The number of rotatable bonds is 5. The van der Waals surface area contributed by atoms with Crippen LogP contribution in [0.15, 0.2) is 47.6 Å². The number of carbonyl (C=O) groups is 1. The summed E-state index contributed by atoms with van der Waals surface area (Å²) in [6.45, 7) is 2.08. The van der Waals surface area contributed by atoms with Crippen LogP contribution >= 0.6 is 0 Å². The molecule has 2 N–H and O–H groups in total. The first-order chi connectivity index (χ1) is 12.7. The Morgan fingerprint density at radius 1 is 1.23 bits per heavy atom. The van der Waals surface area contributed by atoms with Gasteiger partial charge in [0.1, 0.15) is 5.69 Å². The zero-order valence-corrected chi connectivity index (χ0v) is 15.1. The number of nitrogens with zero attached hydrogens (tertiary/aromatic N) is 2. The number of aliphatic imine (C=N–C) groups is 1. The predicted molar refractivity (Wildman–Crippen MR) is 104 cm³/mol. The van der Waals surface area contributed by atoms with Crippen molar-refractivity contribution in [3.63, 3.8) is 0 Å². The molecule has 1 aliphatic carbocycles. The van der Waals surface area contributed by atoms with Crippen molar-refractivity contribution in [2.24, 2.45) is 10.9 Å². The van der Waals surface area contributed by atoms with Crippen LogP contribution in [0.25, 0.3) is 0 Å². The Bertz CT molecular complexity index is 781. The fraction of sp³-hybridized carbons (Fsp3) is 0.381. The van der Waals surface area contributed by atoms with Gasteiger partial charge in [0.2, 0.25) is 0 Å². The van der Waals surface area contributed by atoms with Crippen molar-refractivity contribution in [3.05, 3.63) is 53.9 Å². The van der Waals surface area contributed by atoms with E-state index in [4.69, 9.17) is 15.5 Å². The molecule has 1 heterocycles. The molecule has 1 aromatic carbocycles. The van der Waals surface area contributed by atoms with Gasteiger partial charge in [-0.3, -0.25) is 4.99 Å². The Morgan fingerprint density at radius 2 is 1.96 bits per heavy atom. The van der Waals surface area contributed by atoms with Gasteiger partial charge in [-0.05, 0) is 38.0 Å². The summed E-state index contributed by atoms with van der Waals surface area (Å²) in [5.41, 5.74) is 9.72. The molecule has 0 radical (unpaired) electrons. The predicted octanol–water partition coefficient (Wildman–Crippen LogP) is 4.54. The molecule has 2 aromatic rings. The zero-order valence-electron chi connectivity index (χ0n) is 15.1. The second-order valence-corrected chi connectivity index (χ2v) is 6.54. The summed E-state index contributed by atoms with van der Waals surface area (Å²) in [5.74, 6) is -0.0912. The smallest absolute Gasteiger partial charge is 0.356 e. The number of pyridine rings is 1. The summed E-state index contributed by atoms with van der Waals surface area (Å²) in [6.07, 6.45) is 7.54. The van der Waals surface area contributed by atoms with E-state index >= 15 is 0 Å². The van der Waals surface area contributed by atoms with Crippen LogP contribution in [0.4, 0.5) is 11.4 Å². The van der Waals surface area contributed by atoms with Gasteiger partial charge in [0.05, 0.1) is 18.0 Å². The molecule has 3 rings (SSSR count). The highest BCUT2D eigenvalue weighted by atomic mass is 16.5. The van der Waals surface area contributed by atoms with Crippen LogP contribution in [0.3, 0.4) is 0 Å². The number of aromatic nitrogens is 1. The van der Waals surface area contributed by atoms with E-state index in [2.05, 4.69) is 4.98 Å². The summed E-state index contributed by atoms with van der Waals surface area (Å²) in [4.78, 5) is 21.1. The maximum absolute atomic E-state index is 11.9. The summed E-state index contributed by atoms with van der Waals surface area (Å²) >= 11 is 0. The van der Waals surface area contributed by atoms with Crippen molar-refractivity contribution >= 4 is 23.1 Å². The Kier molecular flexibility index (Phi) is 6.00. The molecule has 0 saturated heterocycles. The molecule has 0 bridgehead atoms. The van der Waals surface area contributed by atoms with Crippen molar-refractivity contribution < 1.29 is 9.53 Å². The molecule has 1 aromatic heterocycles. The average Bonchev–Trinajstić information content (AvgIpc) is 2.68. The Balaban J connectivity index is 1.99. The van der Waals surface area contributed by atoms with Gasteiger partial charge >= 0.3 is 5.97 Å². The van der Waals surface area contributed by atoms with E-state index in [0.717, 1.165) is 29.8 Å². The molecule has 26 heavy (non-hydrogen) atoms. The van der Waals surface area contributed by atoms with Crippen molar-refractivity contribution in [2.75, 3.05) is 12.3 Å². The van der Waals surface area contributed by atoms with E-state index in [0.29, 0.717) is 18.2 Å². The Hall–Kier alpha value is -2.69. The number of hydrogen-bond acceptors (Lipinski definition) is 5. The fourth-order valence-electron chi connectivity index (χ4n) is 3.39. The zero-order chi connectivity index (χ0) is 18.4. The highest BCUT2D eigenvalue weighted by molar-refractivity contribution is 6.07. The number of benzene rings is 1. The van der Waals surface area contributed by atoms with Crippen LogP contribution in [0.2, 0.25) is 0 Å². The number of carbonyl (C=O) groups excluding carboxylic acids is 1. The largest absolute Gasteiger partial charge is 0.461 e. The third kappa shape index (κ3) is 4.28. The van der Waals surface area contributed by atoms with Crippen molar-refractivity contribution in [2.45, 2.75) is 39.0 Å². The molecule has 0 unspecified atom stereocenters. The molecule has 0 amide bonds. The number of esters is 1. The van der Waals surface area contributed by atoms with Gasteiger partial charge in [0.25, 0.3) is 0 Å². The minimum atomic E-state index is -0.454. The van der Waals surface area contributed by atoms with Gasteiger partial charge in [-0.2, -0.15) is 0 Å². The second-order valence-electron chi connectivity index (χ2n) is 6.54. The number of ether oxygens (including phenoxy) is 1. The Labute approximate surface area is 154 Å². The van der Waals surface area contributed by atoms with Crippen molar-refractivity contribution in [1.29, 1.82) is 0 Å². The third-order valence-electron chi connectivity index (χ3n) is 4.69. The highest BCUT2D eigenvalue weighted by Gasteiger charge is 2.23. The van der Waals surface area contributed by atoms with Gasteiger partial charge in [-0.1, -0.05) is 37.5 Å². The van der Waals surface area contributed by atoms with E-state index in [1.54, 1.807) is 19.2 Å². The van der Waals surface area contributed by atoms with Gasteiger partial charge in [-0.15, -0.1) is 0 Å². The third-order valence-corrected chi connectivity index (χ3v) is 4.69. The van der Waals surface area contributed by atoms with Crippen LogP contribution < -0.4 is 5.73 Å². The summed E-state index contributed by atoms with van der Waals surface area (Å²) < 4.78 is 5.01. The Morgan fingerprint density at radius 3 is 2.62 bits per heavy atom. The van der Waals surface area contributed by atoms with Crippen molar-refractivity contribution in [1.82, 2.24) is 4.98 Å². The van der Waals surface area contributed by atoms with Gasteiger partial charge in [-0.25, -0.2) is 9.78 Å². The lowest BCUT2D eigenvalue weighted by molar-refractivity contribution is 0.0519. The van der Waals surface area contributed by atoms with Crippen LogP contribution in [-0.4, -0.2) is 23.3 Å². The van der Waals surface area contributed by atoms with Crippen LogP contribution in [0, 0.1) is 5.92 Å².